The number of nitrogens with two attached hydrogens (primary N) is 1. The predicted molar refractivity (Wildman–Crippen MR) is 388 cm³/mol. The van der Waals surface area contributed by atoms with E-state index in [-0.39, 0.29) is 84.9 Å². The molecular weight excluding hydrogens is 1440 g/mol. The van der Waals surface area contributed by atoms with Crippen LogP contribution in [0.25, 0.3) is 0 Å². The summed E-state index contributed by atoms with van der Waals surface area (Å²) in [5.41, 5.74) is -4.22. The predicted octanol–water partition coefficient (Wildman–Crippen LogP) is 4.88. The Morgan fingerprint density at radius 3 is 2.01 bits per heavy atom. The van der Waals surface area contributed by atoms with E-state index in [1.54, 1.807) is 39.8 Å². The van der Waals surface area contributed by atoms with Crippen molar-refractivity contribution in [2.45, 2.75) is 200 Å². The lowest BCUT2D eigenvalue weighted by Crippen LogP contribution is -2.81. The lowest BCUT2D eigenvalue weighted by Gasteiger charge is -2.67. The van der Waals surface area contributed by atoms with Gasteiger partial charge in [-0.05, 0) is 99.9 Å². The second kappa shape index (κ2) is 35.8. The minimum atomic E-state index is -4.89. The van der Waals surface area contributed by atoms with Crippen LogP contribution < -0.4 is 32.3 Å². The van der Waals surface area contributed by atoms with E-state index in [4.69, 9.17) is 38.9 Å². The molecule has 11 N–H and O–H groups in total. The van der Waals surface area contributed by atoms with Gasteiger partial charge >= 0.3 is 42.2 Å². The van der Waals surface area contributed by atoms with Crippen LogP contribution in [0.5, 0.6) is 0 Å². The minimum absolute atomic E-state index is 0.0106. The van der Waals surface area contributed by atoms with Gasteiger partial charge < -0.3 is 90.6 Å². The highest BCUT2D eigenvalue weighted by atomic mass is 32.2. The number of Topliss-reactive ketones (excluding diaryl/α,β-unsaturated/α-hetero) is 2. The number of fused-ring (bicyclic) bond motifs is 5. The van der Waals surface area contributed by atoms with E-state index in [1.165, 1.54) is 128 Å². The van der Waals surface area contributed by atoms with E-state index in [9.17, 15) is 76.2 Å². The van der Waals surface area contributed by atoms with Crippen LogP contribution in [0, 0.1) is 28.6 Å². The van der Waals surface area contributed by atoms with Crippen LogP contribution in [0.4, 0.5) is 24.9 Å². The van der Waals surface area contributed by atoms with Gasteiger partial charge in [0.1, 0.15) is 66.1 Å². The zero-order valence-electron chi connectivity index (χ0n) is 63.4. The van der Waals surface area contributed by atoms with Crippen LogP contribution in [-0.4, -0.2) is 221 Å². The van der Waals surface area contributed by atoms with Crippen molar-refractivity contribution < 1.29 is 119 Å². The molecule has 109 heavy (non-hydrogen) atoms. The van der Waals surface area contributed by atoms with Crippen LogP contribution in [0.2, 0.25) is 0 Å². The number of amides is 8. The maximum absolute atomic E-state index is 15.7. The normalized spacial score (nSPS) is 23.8. The summed E-state index contributed by atoms with van der Waals surface area (Å²) in [6.45, 7) is 15.4. The lowest BCUT2D eigenvalue weighted by molar-refractivity contribution is -0.346. The van der Waals surface area contributed by atoms with E-state index < -0.39 is 208 Å². The summed E-state index contributed by atoms with van der Waals surface area (Å²) in [6.07, 6.45) is -16.0. The molecule has 2 saturated carbocycles. The number of ketones is 2. The van der Waals surface area contributed by atoms with Crippen molar-refractivity contribution in [3.63, 3.8) is 0 Å². The van der Waals surface area contributed by atoms with Crippen molar-refractivity contribution in [1.82, 2.24) is 31.1 Å². The van der Waals surface area contributed by atoms with Crippen LogP contribution in [-0.2, 0) is 83.4 Å². The number of ether oxygens (including phenoxy) is 7. The molecule has 1 saturated heterocycles. The monoisotopic (exact) mass is 1550 g/mol. The van der Waals surface area contributed by atoms with Crippen molar-refractivity contribution in [1.29, 1.82) is 0 Å². The van der Waals surface area contributed by atoms with Gasteiger partial charge in [0.05, 0.1) is 35.4 Å². The Bertz CT molecular complexity index is 4000. The number of hydrogen-bond acceptors (Lipinski definition) is 24. The molecule has 2 bridgehead atoms. The van der Waals surface area contributed by atoms with Gasteiger partial charge in [-0.3, -0.25) is 33.3 Å². The molecular formula is C75H102N8O25S. The molecule has 0 aromatic heterocycles. The SMILES string of the molecule is CC(=O)O[C@@]12CO[C@@H]1C[C@H](O)[C@@]1(C)C(=O)[C@H](O)C3=C(C)[C@@H](OC(=O)[C@H](OC(=O)N(CCN(C)C(=O)OCc4ccc(NC(=O)[C@H](CCCNC(N)=O)NC(=O)[C@@H](NC(=O)CCC(=O)C(C)C)C(C)C)cc4)CCS(=O)(=O)O)[C@@H](NC(=O)OC(C)(C)C)c4ccccc4)C[C@@](O)([C@@H](OC(=O)c4ccccc4)[C@H]21)C3(C)C. The van der Waals surface area contributed by atoms with Crippen LogP contribution in [0.3, 0.4) is 0 Å². The largest absolute Gasteiger partial charge is 0.455 e. The van der Waals surface area contributed by atoms with Crippen molar-refractivity contribution in [2.24, 2.45) is 34.3 Å². The van der Waals surface area contributed by atoms with Gasteiger partial charge in [-0.1, -0.05) is 102 Å². The fraction of sp³-hybridized carbons (Fsp3) is 0.573. The number of aliphatic hydroxyl groups excluding tert-OH is 2. The third kappa shape index (κ3) is 21.1. The van der Waals surface area contributed by atoms with Gasteiger partial charge in [-0.25, -0.2) is 28.8 Å². The summed E-state index contributed by atoms with van der Waals surface area (Å²) in [7, 11) is -3.63. The molecule has 0 spiro atoms. The summed E-state index contributed by atoms with van der Waals surface area (Å²) in [5, 5.41) is 51.9. The number of urea groups is 1. The quantitative estimate of drug-likeness (QED) is 0.0135. The Kier molecular flexibility index (Phi) is 28.5. The molecule has 33 nitrogen and oxygen atoms in total. The number of nitrogens with zero attached hydrogens (tertiary/aromatic N) is 2. The molecule has 3 aliphatic carbocycles. The van der Waals surface area contributed by atoms with Gasteiger partial charge in [0.25, 0.3) is 10.1 Å². The summed E-state index contributed by atoms with van der Waals surface area (Å²) in [6, 6.07) is 16.1. The molecule has 4 aliphatic rings. The molecule has 3 aromatic rings. The molecule has 1 aliphatic heterocycles. The molecule has 598 valence electrons. The Balaban J connectivity index is 1.15. The highest BCUT2D eigenvalue weighted by Gasteiger charge is 2.78. The number of hydrogen-bond donors (Lipinski definition) is 10. The van der Waals surface area contributed by atoms with Gasteiger partial charge in [0, 0.05) is 82.9 Å². The van der Waals surface area contributed by atoms with Crippen molar-refractivity contribution in [3.8, 4) is 0 Å². The Morgan fingerprint density at radius 1 is 0.807 bits per heavy atom. The number of nitrogens with one attached hydrogen (secondary N) is 5. The number of carbonyl (C=O) groups excluding carboxylic acids is 12. The highest BCUT2D eigenvalue weighted by Crippen LogP contribution is 2.64. The third-order valence-electron chi connectivity index (χ3n) is 20.4. The molecule has 8 amide bonds. The van der Waals surface area contributed by atoms with Crippen molar-refractivity contribution >= 4 is 87.3 Å². The Labute approximate surface area is 632 Å². The van der Waals surface area contributed by atoms with E-state index in [0.29, 0.717) is 10.5 Å². The lowest BCUT2D eigenvalue weighted by atomic mass is 9.44. The topological polar surface area (TPSA) is 477 Å². The van der Waals surface area contributed by atoms with Gasteiger partial charge in [-0.15, -0.1) is 0 Å². The number of likely N-dealkylation sites (N-methyl/N-ethyl adjacent to an activating group) is 1. The van der Waals surface area contributed by atoms with Gasteiger partial charge in [0.2, 0.25) is 23.8 Å². The van der Waals surface area contributed by atoms with Crippen LogP contribution in [0.15, 0.2) is 96.1 Å². The summed E-state index contributed by atoms with van der Waals surface area (Å²) >= 11 is 0. The molecule has 0 radical (unpaired) electrons. The molecule has 1 heterocycles. The highest BCUT2D eigenvalue weighted by molar-refractivity contribution is 7.85. The fourth-order valence-electron chi connectivity index (χ4n) is 14.3. The maximum atomic E-state index is 15.7. The average molecular weight is 1550 g/mol. The standard InChI is InChI=1S/C75H102N8O25S/c1-41(2)50(85)30-31-54(87)80-56(42(3)4)64(91)79-49(25-20-32-77-67(76)94)63(90)78-48-28-26-45(27-29-48)39-102-69(96)82(13)33-34-83(35-36-109(99,100)101)70(97)105-59(57(46-21-16-14-17-22-46)81-68(95)108-71(7,8)9)66(93)104-51-38-75(98)62(106-65(92)47-23-18-15-19-24-47)60-73(12,61(89)58(88)55(43(51)5)72(75,10)11)52(86)37-53-74(60,40-103-53)107-44(6)84/h14-19,21-24,26-29,41-42,49,51-53,56-60,62,86,88,98H,20,25,30-40H2,1-13H3,(H,78,90)(H,79,91)(H,80,87)(H,81,95)(H3,76,77,94)(H,99,100,101)/t49-,51-,52-,53+,56-,57-,58+,59+,60-,62-,73+,74-,75+/m0/s1. The average Bonchev–Trinajstić information content (AvgIpc) is 0.669. The maximum Gasteiger partial charge on any atom is 0.410 e. The van der Waals surface area contributed by atoms with Gasteiger partial charge in [0.15, 0.2) is 11.4 Å². The van der Waals surface area contributed by atoms with E-state index >= 15 is 9.59 Å². The van der Waals surface area contributed by atoms with Crippen LogP contribution in [0.1, 0.15) is 149 Å². The first kappa shape index (κ1) is 86.6. The fourth-order valence-corrected chi connectivity index (χ4v) is 14.7. The molecule has 0 unspecified atom stereocenters. The zero-order chi connectivity index (χ0) is 81.1. The number of esters is 3. The molecule has 3 fully saturated rings. The molecule has 34 heteroatoms. The van der Waals surface area contributed by atoms with E-state index in [2.05, 4.69) is 26.6 Å². The first-order valence-electron chi connectivity index (χ1n) is 35.9. The third-order valence-corrected chi connectivity index (χ3v) is 21.1. The number of benzene rings is 3. The number of anilines is 1. The number of aliphatic hydroxyl groups is 3. The van der Waals surface area contributed by atoms with E-state index in [1.807, 2.05) is 0 Å². The smallest absolute Gasteiger partial charge is 0.410 e. The summed E-state index contributed by atoms with van der Waals surface area (Å²) in [4.78, 5) is 167. The second-order valence-electron chi connectivity index (χ2n) is 30.3. The molecule has 7 rings (SSSR count). The number of rotatable bonds is 31. The Morgan fingerprint density at radius 2 is 1.44 bits per heavy atom. The van der Waals surface area contributed by atoms with Crippen molar-refractivity contribution in [2.75, 3.05) is 50.9 Å². The minimum Gasteiger partial charge on any atom is -0.455 e. The number of alkyl carbamates (subject to hydrolysis) is 1. The molecule has 3 aromatic carbocycles. The summed E-state index contributed by atoms with van der Waals surface area (Å²) in [5.74, 6) is -10.1. The summed E-state index contributed by atoms with van der Waals surface area (Å²) < 4.78 is 76.9. The first-order valence-corrected chi connectivity index (χ1v) is 37.5. The zero-order valence-corrected chi connectivity index (χ0v) is 64.3. The number of carbonyl (C=O) groups is 12. The van der Waals surface area contributed by atoms with Crippen LogP contribution >= 0.6 is 0 Å². The Hall–Kier alpha value is -9.61. The number of primary amides is 1. The molecule has 13 atom stereocenters. The van der Waals surface area contributed by atoms with Crippen molar-refractivity contribution in [3.05, 3.63) is 113 Å². The van der Waals surface area contributed by atoms with Gasteiger partial charge in [-0.2, -0.15) is 8.42 Å². The first-order chi connectivity index (χ1) is 50.8. The second-order valence-corrected chi connectivity index (χ2v) is 31.8. The van der Waals surface area contributed by atoms with E-state index in [0.717, 1.165) is 11.8 Å².